The van der Waals surface area contributed by atoms with Gasteiger partial charge in [-0.25, -0.2) is 4.39 Å². The molecule has 0 fully saturated rings. The van der Waals surface area contributed by atoms with Crippen LogP contribution in [0.4, 0.5) is 4.39 Å². The van der Waals surface area contributed by atoms with Crippen molar-refractivity contribution in [2.24, 2.45) is 5.73 Å². The van der Waals surface area contributed by atoms with E-state index < -0.39 is 0 Å². The van der Waals surface area contributed by atoms with E-state index in [-0.39, 0.29) is 12.4 Å². The minimum absolute atomic E-state index is 0.207. The first-order valence-electron chi connectivity index (χ1n) is 6.91. The molecule has 0 spiro atoms. The van der Waals surface area contributed by atoms with E-state index in [4.69, 9.17) is 5.73 Å². The van der Waals surface area contributed by atoms with Gasteiger partial charge >= 0.3 is 0 Å². The summed E-state index contributed by atoms with van der Waals surface area (Å²) in [6, 6.07) is 5.25. The average molecular weight is 267 g/mol. The molecule has 0 bridgehead atoms. The molecule has 1 aromatic rings. The number of hydrogen-bond acceptors (Lipinski definition) is 3. The Bertz CT molecular complexity index is 380. The van der Waals surface area contributed by atoms with Gasteiger partial charge in [-0.3, -0.25) is 4.90 Å². The van der Waals surface area contributed by atoms with Crippen molar-refractivity contribution in [3.8, 4) is 0 Å². The van der Waals surface area contributed by atoms with Gasteiger partial charge in [0.05, 0.1) is 0 Å². The highest BCUT2D eigenvalue weighted by Crippen LogP contribution is 2.12. The maximum atomic E-state index is 13.4. The van der Waals surface area contributed by atoms with E-state index in [0.29, 0.717) is 5.56 Å². The number of benzene rings is 1. The van der Waals surface area contributed by atoms with Crippen LogP contribution in [-0.4, -0.2) is 43.5 Å². The highest BCUT2D eigenvalue weighted by Gasteiger charge is 2.06. The van der Waals surface area contributed by atoms with E-state index in [1.54, 1.807) is 0 Å². The van der Waals surface area contributed by atoms with Crippen molar-refractivity contribution >= 4 is 0 Å². The van der Waals surface area contributed by atoms with Crippen molar-refractivity contribution in [3.63, 3.8) is 0 Å². The smallest absolute Gasteiger partial charge is 0.127 e. The molecule has 0 aliphatic carbocycles. The summed E-state index contributed by atoms with van der Waals surface area (Å²) in [5.41, 5.74) is 7.27. The maximum Gasteiger partial charge on any atom is 0.127 e. The normalized spacial score (nSPS) is 11.5. The number of halogens is 1. The molecule has 0 saturated heterocycles. The van der Waals surface area contributed by atoms with Crippen LogP contribution < -0.4 is 5.73 Å². The lowest BCUT2D eigenvalue weighted by molar-refractivity contribution is 0.259. The van der Waals surface area contributed by atoms with E-state index in [9.17, 15) is 4.39 Å². The minimum atomic E-state index is -0.207. The second-order valence-electron chi connectivity index (χ2n) is 5.16. The molecule has 4 heteroatoms. The van der Waals surface area contributed by atoms with Crippen molar-refractivity contribution in [2.75, 3.05) is 33.7 Å². The highest BCUT2D eigenvalue weighted by molar-refractivity contribution is 5.24. The lowest BCUT2D eigenvalue weighted by Crippen LogP contribution is -2.27. The zero-order valence-electron chi connectivity index (χ0n) is 12.3. The van der Waals surface area contributed by atoms with Gasteiger partial charge < -0.3 is 10.6 Å². The second-order valence-corrected chi connectivity index (χ2v) is 5.16. The first kappa shape index (κ1) is 16.1. The molecule has 0 radical (unpaired) electrons. The molecule has 3 nitrogen and oxygen atoms in total. The van der Waals surface area contributed by atoms with Crippen molar-refractivity contribution in [1.29, 1.82) is 0 Å². The second kappa shape index (κ2) is 8.25. The predicted octanol–water partition coefficient (Wildman–Crippen LogP) is 2.06. The molecule has 0 aliphatic heterocycles. The van der Waals surface area contributed by atoms with Crippen LogP contribution in [0.2, 0.25) is 0 Å². The van der Waals surface area contributed by atoms with Crippen molar-refractivity contribution < 1.29 is 4.39 Å². The Hall–Kier alpha value is -0.970. The zero-order valence-corrected chi connectivity index (χ0v) is 12.3. The van der Waals surface area contributed by atoms with Crippen LogP contribution in [-0.2, 0) is 13.1 Å². The third kappa shape index (κ3) is 5.68. The van der Waals surface area contributed by atoms with E-state index in [0.717, 1.165) is 38.2 Å². The molecule has 1 rings (SSSR count). The van der Waals surface area contributed by atoms with Gasteiger partial charge in [0.1, 0.15) is 5.82 Å². The van der Waals surface area contributed by atoms with Crippen LogP contribution in [0, 0.1) is 5.82 Å². The van der Waals surface area contributed by atoms with Gasteiger partial charge in [-0.15, -0.1) is 0 Å². The monoisotopic (exact) mass is 267 g/mol. The van der Waals surface area contributed by atoms with E-state index in [1.165, 1.54) is 6.07 Å². The summed E-state index contributed by atoms with van der Waals surface area (Å²) in [5, 5.41) is 0. The third-order valence-electron chi connectivity index (χ3n) is 3.26. The number of hydrogen-bond donors (Lipinski definition) is 1. The summed E-state index contributed by atoms with van der Waals surface area (Å²) in [5.74, 6) is -0.207. The molecule has 2 N–H and O–H groups in total. The molecular weight excluding hydrogens is 241 g/mol. The van der Waals surface area contributed by atoms with Crippen molar-refractivity contribution in [1.82, 2.24) is 9.80 Å². The van der Waals surface area contributed by atoms with Gasteiger partial charge in [0, 0.05) is 18.7 Å². The Morgan fingerprint density at radius 3 is 2.53 bits per heavy atom. The first-order chi connectivity index (χ1) is 9.06. The van der Waals surface area contributed by atoms with E-state index in [1.807, 2.05) is 12.1 Å². The lowest BCUT2D eigenvalue weighted by Gasteiger charge is -2.21. The van der Waals surface area contributed by atoms with E-state index in [2.05, 4.69) is 30.8 Å². The Labute approximate surface area is 116 Å². The summed E-state index contributed by atoms with van der Waals surface area (Å²) in [6.07, 6.45) is 1.14. The maximum absolute atomic E-state index is 13.4. The summed E-state index contributed by atoms with van der Waals surface area (Å²) < 4.78 is 13.4. The number of nitrogens with two attached hydrogens (primary N) is 1. The van der Waals surface area contributed by atoms with Crippen LogP contribution in [0.3, 0.4) is 0 Å². The SMILES string of the molecule is CCN(CCCN(C)C)Cc1ccc(F)c(CN)c1. The molecule has 0 heterocycles. The fourth-order valence-corrected chi connectivity index (χ4v) is 2.10. The Morgan fingerprint density at radius 1 is 1.21 bits per heavy atom. The highest BCUT2D eigenvalue weighted by atomic mass is 19.1. The van der Waals surface area contributed by atoms with Crippen molar-refractivity contribution in [2.45, 2.75) is 26.4 Å². The average Bonchev–Trinajstić information content (AvgIpc) is 2.39. The summed E-state index contributed by atoms with van der Waals surface area (Å²) >= 11 is 0. The van der Waals surface area contributed by atoms with Gasteiger partial charge in [-0.2, -0.15) is 0 Å². The van der Waals surface area contributed by atoms with Gasteiger partial charge in [0.2, 0.25) is 0 Å². The molecule has 0 atom stereocenters. The van der Waals surface area contributed by atoms with Crippen LogP contribution in [0.25, 0.3) is 0 Å². The van der Waals surface area contributed by atoms with Crippen LogP contribution >= 0.6 is 0 Å². The predicted molar refractivity (Wildman–Crippen MR) is 78.4 cm³/mol. The number of nitrogens with zero attached hydrogens (tertiary/aromatic N) is 2. The quantitative estimate of drug-likeness (QED) is 0.782. The molecule has 108 valence electrons. The molecule has 0 amide bonds. The third-order valence-corrected chi connectivity index (χ3v) is 3.26. The molecule has 1 aromatic carbocycles. The van der Waals surface area contributed by atoms with Gasteiger partial charge in [0.25, 0.3) is 0 Å². The standard InChI is InChI=1S/C15H26FN3/c1-4-19(9-5-8-18(2)3)12-13-6-7-15(16)14(10-13)11-17/h6-7,10H,4-5,8-9,11-12,17H2,1-3H3. The van der Waals surface area contributed by atoms with Gasteiger partial charge in [-0.1, -0.05) is 19.1 Å². The van der Waals surface area contributed by atoms with Gasteiger partial charge in [-0.05, 0) is 51.8 Å². The first-order valence-corrected chi connectivity index (χ1v) is 6.91. The fraction of sp³-hybridized carbons (Fsp3) is 0.600. The largest absolute Gasteiger partial charge is 0.326 e. The molecule has 0 aliphatic rings. The topological polar surface area (TPSA) is 32.5 Å². The molecule has 0 unspecified atom stereocenters. The minimum Gasteiger partial charge on any atom is -0.326 e. The lowest BCUT2D eigenvalue weighted by atomic mass is 10.1. The summed E-state index contributed by atoms with van der Waals surface area (Å²) in [7, 11) is 4.17. The fourth-order valence-electron chi connectivity index (χ4n) is 2.10. The van der Waals surface area contributed by atoms with Crippen LogP contribution in [0.5, 0.6) is 0 Å². The molecule has 19 heavy (non-hydrogen) atoms. The van der Waals surface area contributed by atoms with Gasteiger partial charge in [0.15, 0.2) is 0 Å². The Balaban J connectivity index is 2.55. The Kier molecular flexibility index (Phi) is 6.99. The Morgan fingerprint density at radius 2 is 1.95 bits per heavy atom. The molecule has 0 aromatic heterocycles. The van der Waals surface area contributed by atoms with Crippen molar-refractivity contribution in [3.05, 3.63) is 35.1 Å². The van der Waals surface area contributed by atoms with Crippen LogP contribution in [0.15, 0.2) is 18.2 Å². The molecular formula is C15H26FN3. The zero-order chi connectivity index (χ0) is 14.3. The van der Waals surface area contributed by atoms with Crippen LogP contribution in [0.1, 0.15) is 24.5 Å². The summed E-state index contributed by atoms with van der Waals surface area (Å²) in [4.78, 5) is 4.56. The van der Waals surface area contributed by atoms with E-state index >= 15 is 0 Å². The number of rotatable bonds is 8. The summed E-state index contributed by atoms with van der Waals surface area (Å²) in [6.45, 7) is 6.42. The molecule has 0 saturated carbocycles.